The average Bonchev–Trinajstić information content (AvgIpc) is 2.88. The van der Waals surface area contributed by atoms with Gasteiger partial charge in [0, 0.05) is 25.7 Å². The van der Waals surface area contributed by atoms with Gasteiger partial charge in [0.2, 0.25) is 0 Å². The zero-order valence-electron chi connectivity index (χ0n) is 59.0. The van der Waals surface area contributed by atoms with Gasteiger partial charge >= 0.3 is 39.5 Å². The highest BCUT2D eigenvalue weighted by Crippen LogP contribution is 2.45. The van der Waals surface area contributed by atoms with E-state index >= 15 is 0 Å². The molecule has 0 amide bonds. The summed E-state index contributed by atoms with van der Waals surface area (Å²) in [4.78, 5) is 72.2. The highest BCUT2D eigenvalue weighted by Gasteiger charge is 2.30. The fraction of sp³-hybridized carbons (Fsp3) is 0.944. The Morgan fingerprint density at radius 2 is 0.505 bits per heavy atom. The van der Waals surface area contributed by atoms with Crippen LogP contribution in [0.15, 0.2) is 0 Å². The Morgan fingerprint density at radius 1 is 0.297 bits per heavy atom. The molecule has 0 aliphatic heterocycles. The molecule has 3 N–H and O–H groups in total. The minimum absolute atomic E-state index is 0.104. The first-order valence-corrected chi connectivity index (χ1v) is 40.6. The number of aliphatic hydroxyl groups excluding tert-OH is 1. The number of phosphoric ester groups is 2. The molecule has 0 rings (SSSR count). The third kappa shape index (κ3) is 66.5. The molecule has 17 nitrogen and oxygen atoms in total. The highest BCUT2D eigenvalue weighted by molar-refractivity contribution is 7.47. The van der Waals surface area contributed by atoms with Crippen molar-refractivity contribution in [1.82, 2.24) is 0 Å². The van der Waals surface area contributed by atoms with E-state index in [9.17, 15) is 43.2 Å². The van der Waals surface area contributed by atoms with E-state index in [0.717, 1.165) is 109 Å². The Balaban J connectivity index is 5.09. The van der Waals surface area contributed by atoms with E-state index in [1.165, 1.54) is 186 Å². The molecule has 0 aliphatic carbocycles. The van der Waals surface area contributed by atoms with Crippen LogP contribution in [0.5, 0.6) is 0 Å². The van der Waals surface area contributed by atoms with Gasteiger partial charge in [-0.3, -0.25) is 37.3 Å². The lowest BCUT2D eigenvalue weighted by molar-refractivity contribution is -0.161. The van der Waals surface area contributed by atoms with Crippen molar-refractivity contribution in [2.45, 2.75) is 393 Å². The third-order valence-electron chi connectivity index (χ3n) is 16.8. The zero-order valence-corrected chi connectivity index (χ0v) is 60.8. The lowest BCUT2D eigenvalue weighted by Crippen LogP contribution is -2.30. The van der Waals surface area contributed by atoms with Gasteiger partial charge in [-0.15, -0.1) is 0 Å². The number of ether oxygens (including phenoxy) is 4. The second-order valence-corrected chi connectivity index (χ2v) is 29.4. The van der Waals surface area contributed by atoms with Crippen LogP contribution >= 0.6 is 15.6 Å². The van der Waals surface area contributed by atoms with Crippen molar-refractivity contribution < 1.29 is 80.2 Å². The fourth-order valence-electron chi connectivity index (χ4n) is 11.0. The summed E-state index contributed by atoms with van der Waals surface area (Å²) in [5.41, 5.74) is 0. The van der Waals surface area contributed by atoms with E-state index in [1.54, 1.807) is 0 Å². The molecule has 0 saturated heterocycles. The first-order chi connectivity index (χ1) is 44.0. The van der Waals surface area contributed by atoms with Crippen molar-refractivity contribution in [3.05, 3.63) is 0 Å². The smallest absolute Gasteiger partial charge is 0.462 e. The maximum absolute atomic E-state index is 13.1. The number of phosphoric acid groups is 2. The molecule has 540 valence electrons. The van der Waals surface area contributed by atoms with Gasteiger partial charge < -0.3 is 33.8 Å². The number of aliphatic hydroxyl groups is 1. The first-order valence-electron chi connectivity index (χ1n) is 37.6. The second-order valence-electron chi connectivity index (χ2n) is 26.5. The van der Waals surface area contributed by atoms with Gasteiger partial charge in [-0.1, -0.05) is 324 Å². The minimum atomic E-state index is -4.95. The van der Waals surface area contributed by atoms with Gasteiger partial charge in [0.15, 0.2) is 12.2 Å². The van der Waals surface area contributed by atoms with Gasteiger partial charge in [-0.05, 0) is 31.6 Å². The number of esters is 4. The van der Waals surface area contributed by atoms with Crippen LogP contribution in [0, 0.1) is 5.92 Å². The molecule has 0 bridgehead atoms. The van der Waals surface area contributed by atoms with E-state index in [1.807, 2.05) is 0 Å². The number of hydrogen-bond acceptors (Lipinski definition) is 15. The van der Waals surface area contributed by atoms with Crippen LogP contribution < -0.4 is 0 Å². The summed E-state index contributed by atoms with van der Waals surface area (Å²) >= 11 is 0. The van der Waals surface area contributed by atoms with Crippen molar-refractivity contribution in [3.8, 4) is 0 Å². The molecular weight excluding hydrogens is 1200 g/mol. The molecule has 0 saturated carbocycles. The summed E-state index contributed by atoms with van der Waals surface area (Å²) in [6.07, 6.45) is 53.4. The normalized spacial score (nSPS) is 14.0. The largest absolute Gasteiger partial charge is 0.472 e. The number of unbranched alkanes of at least 4 members (excludes halogenated alkanes) is 44. The minimum Gasteiger partial charge on any atom is -0.462 e. The summed E-state index contributed by atoms with van der Waals surface area (Å²) in [7, 11) is -9.89. The summed E-state index contributed by atoms with van der Waals surface area (Å²) in [5.74, 6) is -1.31. The lowest BCUT2D eigenvalue weighted by Gasteiger charge is -2.21. The van der Waals surface area contributed by atoms with Gasteiger partial charge in [-0.2, -0.15) is 0 Å². The summed E-state index contributed by atoms with van der Waals surface area (Å²) in [6.45, 7) is 7.18. The first kappa shape index (κ1) is 89.1. The average molecular weight is 1340 g/mol. The molecule has 0 fully saturated rings. The van der Waals surface area contributed by atoms with E-state index < -0.39 is 97.5 Å². The van der Waals surface area contributed by atoms with Crippen molar-refractivity contribution >= 4 is 39.5 Å². The molecule has 0 radical (unpaired) electrons. The monoisotopic (exact) mass is 1340 g/mol. The molecule has 0 spiro atoms. The highest BCUT2D eigenvalue weighted by atomic mass is 31.2. The van der Waals surface area contributed by atoms with Gasteiger partial charge in [0.05, 0.1) is 26.4 Å². The number of carbonyl (C=O) groups is 4. The maximum Gasteiger partial charge on any atom is 0.472 e. The Kier molecular flexibility index (Phi) is 64.0. The van der Waals surface area contributed by atoms with Gasteiger partial charge in [0.25, 0.3) is 0 Å². The van der Waals surface area contributed by atoms with Crippen molar-refractivity contribution in [2.24, 2.45) is 5.92 Å². The quantitative estimate of drug-likeness (QED) is 0.0222. The molecule has 0 aromatic rings. The predicted octanol–water partition coefficient (Wildman–Crippen LogP) is 20.9. The van der Waals surface area contributed by atoms with Gasteiger partial charge in [-0.25, -0.2) is 9.13 Å². The standard InChI is InChI=1S/C72H140O17P2/c1-6-9-12-15-17-19-20-21-22-25-29-32-35-38-42-46-51-56-70(75)83-62-68(89-72(77)58-53-48-43-39-36-33-30-27-24-23-26-28-31-34-37-40-45-49-54-65(4)5)64-87-91(80,81)85-60-66(73)59-84-90(78,79)86-63-67(61-82-69(74)55-50-44-14-11-8-3)88-71(76)57-52-47-41-18-16-13-10-7-2/h65-68,73H,6-64H2,1-5H3,(H,78,79)(H,80,81)/t66-,67+,68+/m0/s1. The topological polar surface area (TPSA) is 237 Å². The predicted molar refractivity (Wildman–Crippen MR) is 368 cm³/mol. The zero-order chi connectivity index (χ0) is 67.0. The van der Waals surface area contributed by atoms with Crippen LogP contribution in [-0.2, 0) is 65.4 Å². The van der Waals surface area contributed by atoms with E-state index in [4.69, 9.17) is 37.0 Å². The molecule has 0 aliphatic rings. The molecule has 0 aromatic heterocycles. The molecule has 2 unspecified atom stereocenters. The van der Waals surface area contributed by atoms with E-state index in [-0.39, 0.29) is 25.7 Å². The van der Waals surface area contributed by atoms with Gasteiger partial charge in [0.1, 0.15) is 19.3 Å². The molecule has 91 heavy (non-hydrogen) atoms. The Labute approximate surface area is 556 Å². The molecule has 0 aromatic carbocycles. The van der Waals surface area contributed by atoms with Crippen molar-refractivity contribution in [2.75, 3.05) is 39.6 Å². The summed E-state index contributed by atoms with van der Waals surface area (Å²) in [6, 6.07) is 0. The molecule has 0 heterocycles. The van der Waals surface area contributed by atoms with E-state index in [2.05, 4.69) is 34.6 Å². The van der Waals surface area contributed by atoms with E-state index in [0.29, 0.717) is 25.7 Å². The number of rotatable bonds is 72. The lowest BCUT2D eigenvalue weighted by atomic mass is 10.0. The van der Waals surface area contributed by atoms with Crippen LogP contribution in [0.25, 0.3) is 0 Å². The Morgan fingerprint density at radius 3 is 0.747 bits per heavy atom. The SMILES string of the molecule is CCCCCCCCCCCCCCCCCCCC(=O)OC[C@H](COP(=O)(O)OC[C@@H](O)COP(=O)(O)OC[C@@H](COC(=O)CCCCCCC)OC(=O)CCCCCCCCCC)OC(=O)CCCCCCCCCCCCCCCCCCCCC(C)C. The van der Waals surface area contributed by atoms with Crippen LogP contribution in [0.2, 0.25) is 0 Å². The molecule has 5 atom stereocenters. The van der Waals surface area contributed by atoms with Crippen molar-refractivity contribution in [3.63, 3.8) is 0 Å². The van der Waals surface area contributed by atoms with Crippen molar-refractivity contribution in [1.29, 1.82) is 0 Å². The Bertz CT molecular complexity index is 1750. The Hall–Kier alpha value is -1.94. The van der Waals surface area contributed by atoms with Crippen LogP contribution in [0.4, 0.5) is 0 Å². The maximum atomic E-state index is 13.1. The van der Waals surface area contributed by atoms with Crippen LogP contribution in [-0.4, -0.2) is 96.7 Å². The second kappa shape index (κ2) is 65.4. The summed E-state index contributed by atoms with van der Waals surface area (Å²) in [5, 5.41) is 10.5. The third-order valence-corrected chi connectivity index (χ3v) is 18.7. The van der Waals surface area contributed by atoms with Crippen LogP contribution in [0.3, 0.4) is 0 Å². The molecular formula is C72H140O17P2. The number of carbonyl (C=O) groups excluding carboxylic acids is 4. The summed E-state index contributed by atoms with van der Waals surface area (Å²) < 4.78 is 68.0. The van der Waals surface area contributed by atoms with Crippen LogP contribution in [0.1, 0.15) is 375 Å². The molecule has 19 heteroatoms. The fourth-order valence-corrected chi connectivity index (χ4v) is 12.6. The number of hydrogen-bond donors (Lipinski definition) is 3.